The van der Waals surface area contributed by atoms with Crippen LogP contribution in [-0.4, -0.2) is 72.4 Å². The zero-order chi connectivity index (χ0) is 24.9. The Morgan fingerprint density at radius 1 is 1.00 bits per heavy atom. The summed E-state index contributed by atoms with van der Waals surface area (Å²) in [4.78, 5) is 24.2. The standard InChI is InChI=1S/C9H21N3O.C9H19N3.C5H11NO.2H2O/c1-3-9(12-6-13)5-8(11)4-7(2)10;1-3-8-5-9(4-7(2)10)12-6-11-8;1-3-5(2)6-4-7;;/h6-9H,3-5,10-11H2,1-2H3,(H,12,13);6-9H,3-5,10H2,1-2H3,(H,11,12);4-5H,3H2,1-2H3,(H,6,7);2*1H2/p-1. The first-order chi connectivity index (χ1) is 15.1. The van der Waals surface area contributed by atoms with Crippen molar-refractivity contribution in [1.82, 2.24) is 16.0 Å². The minimum absolute atomic E-state index is 0. The van der Waals surface area contributed by atoms with Gasteiger partial charge in [0.2, 0.25) is 12.8 Å². The van der Waals surface area contributed by atoms with Gasteiger partial charge in [-0.15, -0.1) is 0 Å². The third-order valence-corrected chi connectivity index (χ3v) is 5.30. The first-order valence-corrected chi connectivity index (χ1v) is 12.1. The van der Waals surface area contributed by atoms with E-state index in [-0.39, 0.29) is 35.1 Å². The number of carbonyl (C=O) groups is 2. The van der Waals surface area contributed by atoms with Crippen LogP contribution in [0.5, 0.6) is 0 Å². The molecule has 0 saturated heterocycles. The Labute approximate surface area is 207 Å². The van der Waals surface area contributed by atoms with Gasteiger partial charge in [-0.05, 0) is 65.7 Å². The van der Waals surface area contributed by atoms with E-state index in [9.17, 15) is 9.59 Å². The molecule has 0 saturated carbocycles. The Hall–Kier alpha value is -1.79. The predicted octanol–water partition coefficient (Wildman–Crippen LogP) is 0.388. The Morgan fingerprint density at radius 3 is 1.97 bits per heavy atom. The molecule has 0 bridgehead atoms. The Bertz CT molecular complexity index is 482. The molecular formula is C23H54N7O4-. The van der Waals surface area contributed by atoms with E-state index < -0.39 is 0 Å². The number of nitrogens with zero attached hydrogens (tertiary/aromatic N) is 1. The van der Waals surface area contributed by atoms with Crippen LogP contribution >= 0.6 is 0 Å². The van der Waals surface area contributed by atoms with E-state index in [0.717, 1.165) is 57.8 Å². The van der Waals surface area contributed by atoms with Gasteiger partial charge >= 0.3 is 0 Å². The molecule has 2 amide bonds. The normalized spacial score (nSPS) is 20.4. The minimum atomic E-state index is 0. The van der Waals surface area contributed by atoms with Crippen molar-refractivity contribution in [3.63, 3.8) is 0 Å². The SMILES string of the molecule is CCC(C)NC=O.CCC(CC(N)CC(C)N)NC=O.CCC1CC(CC(C)N)NC=N1.O.[OH-]. The lowest BCUT2D eigenvalue weighted by atomic mass is 9.99. The fourth-order valence-corrected chi connectivity index (χ4v) is 3.22. The van der Waals surface area contributed by atoms with Crippen molar-refractivity contribution in [2.24, 2.45) is 22.2 Å². The van der Waals surface area contributed by atoms with Crippen LogP contribution in [-0.2, 0) is 9.59 Å². The van der Waals surface area contributed by atoms with Crippen LogP contribution in [0, 0.1) is 0 Å². The van der Waals surface area contributed by atoms with Gasteiger partial charge in [-0.1, -0.05) is 20.8 Å². The summed E-state index contributed by atoms with van der Waals surface area (Å²) in [5.41, 5.74) is 17.2. The highest BCUT2D eigenvalue weighted by Gasteiger charge is 2.17. The number of hydrogen-bond donors (Lipinski definition) is 6. The molecule has 0 spiro atoms. The second-order valence-corrected chi connectivity index (χ2v) is 8.84. The molecule has 7 atom stereocenters. The van der Waals surface area contributed by atoms with Gasteiger partial charge in [-0.2, -0.15) is 0 Å². The van der Waals surface area contributed by atoms with Gasteiger partial charge in [0.05, 0.1) is 12.4 Å². The monoisotopic (exact) mass is 492 g/mol. The number of rotatable bonds is 13. The highest BCUT2D eigenvalue weighted by atomic mass is 16.1. The predicted molar refractivity (Wildman–Crippen MR) is 141 cm³/mol. The van der Waals surface area contributed by atoms with Gasteiger partial charge in [-0.25, -0.2) is 0 Å². The number of amides is 2. The smallest absolute Gasteiger partial charge is 0.207 e. The summed E-state index contributed by atoms with van der Waals surface area (Å²) in [6, 6.07) is 2.05. The second-order valence-electron chi connectivity index (χ2n) is 8.84. The molecule has 7 unspecified atom stereocenters. The first-order valence-electron chi connectivity index (χ1n) is 12.1. The van der Waals surface area contributed by atoms with Crippen molar-refractivity contribution < 1.29 is 20.5 Å². The third-order valence-electron chi connectivity index (χ3n) is 5.30. The largest absolute Gasteiger partial charge is 0.870 e. The molecule has 11 nitrogen and oxygen atoms in total. The molecule has 12 N–H and O–H groups in total. The van der Waals surface area contributed by atoms with E-state index >= 15 is 0 Å². The van der Waals surface area contributed by atoms with Gasteiger partial charge in [0, 0.05) is 36.3 Å². The maximum Gasteiger partial charge on any atom is 0.207 e. The van der Waals surface area contributed by atoms with E-state index in [0.29, 0.717) is 18.1 Å². The van der Waals surface area contributed by atoms with Crippen molar-refractivity contribution in [1.29, 1.82) is 0 Å². The molecule has 1 rings (SSSR count). The lowest BCUT2D eigenvalue weighted by molar-refractivity contribution is -0.110. The molecule has 34 heavy (non-hydrogen) atoms. The van der Waals surface area contributed by atoms with Gasteiger partial charge in [0.15, 0.2) is 0 Å². The van der Waals surface area contributed by atoms with Crippen LogP contribution in [0.15, 0.2) is 4.99 Å². The number of aliphatic imine (C=N–C) groups is 1. The van der Waals surface area contributed by atoms with Gasteiger partial charge in [0.1, 0.15) is 0 Å². The van der Waals surface area contributed by atoms with E-state index in [1.165, 1.54) is 0 Å². The van der Waals surface area contributed by atoms with Gasteiger partial charge < -0.3 is 44.1 Å². The van der Waals surface area contributed by atoms with Crippen molar-refractivity contribution >= 4 is 19.2 Å². The lowest BCUT2D eigenvalue weighted by Crippen LogP contribution is -2.39. The quantitative estimate of drug-likeness (QED) is 0.198. The molecule has 0 aromatic heterocycles. The average Bonchev–Trinajstić information content (AvgIpc) is 2.73. The summed E-state index contributed by atoms with van der Waals surface area (Å²) in [6.45, 7) is 12.2. The van der Waals surface area contributed by atoms with Crippen LogP contribution in [0.4, 0.5) is 0 Å². The average molecular weight is 493 g/mol. The molecule has 206 valence electrons. The Morgan fingerprint density at radius 2 is 1.59 bits per heavy atom. The molecule has 0 radical (unpaired) electrons. The van der Waals surface area contributed by atoms with E-state index in [2.05, 4.69) is 27.9 Å². The maximum atomic E-state index is 10.2. The van der Waals surface area contributed by atoms with Crippen LogP contribution in [0.2, 0.25) is 0 Å². The van der Waals surface area contributed by atoms with E-state index in [1.807, 2.05) is 41.0 Å². The Balaban J connectivity index is -0.000000201. The number of hydrogen-bond acceptors (Lipinski definition) is 8. The topological polar surface area (TPSA) is 222 Å². The molecule has 0 aromatic carbocycles. The second kappa shape index (κ2) is 25.8. The summed E-state index contributed by atoms with van der Waals surface area (Å²) >= 11 is 0. The van der Waals surface area contributed by atoms with Crippen molar-refractivity contribution in [2.45, 2.75) is 129 Å². The Kier molecular flexibility index (Phi) is 29.9. The molecule has 1 aliphatic heterocycles. The summed E-state index contributed by atoms with van der Waals surface area (Å²) in [7, 11) is 0. The highest BCUT2D eigenvalue weighted by molar-refractivity contribution is 5.56. The van der Waals surface area contributed by atoms with Gasteiger partial charge in [-0.3, -0.25) is 14.6 Å². The van der Waals surface area contributed by atoms with E-state index in [1.54, 1.807) is 0 Å². The maximum absolute atomic E-state index is 10.2. The molecule has 0 aromatic rings. The van der Waals surface area contributed by atoms with Crippen LogP contribution < -0.4 is 33.2 Å². The molecule has 0 fully saturated rings. The van der Waals surface area contributed by atoms with Crippen LogP contribution in [0.1, 0.15) is 86.5 Å². The molecule has 11 heteroatoms. The number of nitrogens with one attached hydrogen (secondary N) is 3. The molecular weight excluding hydrogens is 438 g/mol. The summed E-state index contributed by atoms with van der Waals surface area (Å²) in [6.07, 6.45) is 10.1. The molecule has 1 heterocycles. The van der Waals surface area contributed by atoms with Crippen LogP contribution in [0.3, 0.4) is 0 Å². The third kappa shape index (κ3) is 24.8. The summed E-state index contributed by atoms with van der Waals surface area (Å²) < 4.78 is 0. The fourth-order valence-electron chi connectivity index (χ4n) is 3.22. The fraction of sp³-hybridized carbons (Fsp3) is 0.870. The first kappa shape index (κ1) is 39.4. The van der Waals surface area contributed by atoms with Gasteiger partial charge in [0.25, 0.3) is 0 Å². The number of carbonyl (C=O) groups excluding carboxylic acids is 2. The van der Waals surface area contributed by atoms with Crippen molar-refractivity contribution in [3.05, 3.63) is 0 Å². The van der Waals surface area contributed by atoms with E-state index in [4.69, 9.17) is 17.2 Å². The highest BCUT2D eigenvalue weighted by Crippen LogP contribution is 2.12. The minimum Gasteiger partial charge on any atom is -0.870 e. The zero-order valence-corrected chi connectivity index (χ0v) is 22.2. The molecule has 1 aliphatic rings. The number of nitrogens with two attached hydrogens (primary N) is 3. The summed E-state index contributed by atoms with van der Waals surface area (Å²) in [5.74, 6) is 0. The zero-order valence-electron chi connectivity index (χ0n) is 22.2. The van der Waals surface area contributed by atoms with Crippen molar-refractivity contribution in [3.8, 4) is 0 Å². The van der Waals surface area contributed by atoms with Crippen molar-refractivity contribution in [2.75, 3.05) is 0 Å². The van der Waals surface area contributed by atoms with Crippen LogP contribution in [0.25, 0.3) is 0 Å². The lowest BCUT2D eigenvalue weighted by Gasteiger charge is -2.26. The summed E-state index contributed by atoms with van der Waals surface area (Å²) in [5, 5.41) is 8.59. The molecule has 0 aliphatic carbocycles.